The van der Waals surface area contributed by atoms with Crippen LogP contribution in [0.1, 0.15) is 69.3 Å². The van der Waals surface area contributed by atoms with Crippen molar-refractivity contribution in [1.82, 2.24) is 10.2 Å². The number of hydrogen-bond acceptors (Lipinski definition) is 4. The minimum Gasteiger partial charge on any atom is -0.444 e. The number of carbonyl (C=O) groups is 3. The molecule has 2 atom stereocenters. The van der Waals surface area contributed by atoms with E-state index in [1.165, 1.54) is 0 Å². The topological polar surface area (TPSA) is 87.7 Å². The van der Waals surface area contributed by atoms with Crippen LogP contribution in [0.3, 0.4) is 0 Å². The highest BCUT2D eigenvalue weighted by atomic mass is 35.5. The summed E-state index contributed by atoms with van der Waals surface area (Å²) in [5, 5.41) is 5.90. The van der Waals surface area contributed by atoms with E-state index in [0.717, 1.165) is 16.7 Å². The maximum absolute atomic E-state index is 13.9. The Bertz CT molecular complexity index is 1090. The van der Waals surface area contributed by atoms with Crippen molar-refractivity contribution in [2.24, 2.45) is 0 Å². The number of hydrogen-bond donors (Lipinski definition) is 2. The summed E-state index contributed by atoms with van der Waals surface area (Å²) in [5.41, 5.74) is 3.24. The largest absolute Gasteiger partial charge is 0.444 e. The number of nitrogens with one attached hydrogen (secondary N) is 2. The molecule has 0 bridgehead atoms. The fourth-order valence-electron chi connectivity index (χ4n) is 3.86. The summed E-state index contributed by atoms with van der Waals surface area (Å²) in [5.74, 6) is -0.780. The molecular formula is C28H38ClN3O4. The van der Waals surface area contributed by atoms with Gasteiger partial charge in [0.1, 0.15) is 18.2 Å². The lowest BCUT2D eigenvalue weighted by Gasteiger charge is -2.37. The number of aryl methyl sites for hydroxylation is 2. The van der Waals surface area contributed by atoms with Gasteiger partial charge in [-0.3, -0.25) is 9.59 Å². The van der Waals surface area contributed by atoms with Gasteiger partial charge in [-0.25, -0.2) is 4.79 Å². The summed E-state index contributed by atoms with van der Waals surface area (Å²) in [6.45, 7) is 14.5. The number of halogens is 1. The van der Waals surface area contributed by atoms with Gasteiger partial charge in [-0.2, -0.15) is 0 Å². The molecule has 2 unspecified atom stereocenters. The molecule has 8 heteroatoms. The number of carbonyl (C=O) groups excluding carboxylic acids is 3. The molecule has 0 heterocycles. The van der Waals surface area contributed by atoms with E-state index in [1.807, 2.05) is 65.0 Å². The third-order valence-corrected chi connectivity index (χ3v) is 6.39. The molecule has 0 aromatic heterocycles. The van der Waals surface area contributed by atoms with Gasteiger partial charge >= 0.3 is 6.09 Å². The van der Waals surface area contributed by atoms with Crippen molar-refractivity contribution in [1.29, 1.82) is 0 Å². The zero-order valence-corrected chi connectivity index (χ0v) is 23.2. The lowest BCUT2D eigenvalue weighted by atomic mass is 9.94. The van der Waals surface area contributed by atoms with Gasteiger partial charge in [0.05, 0.1) is 10.7 Å². The molecular weight excluding hydrogens is 478 g/mol. The van der Waals surface area contributed by atoms with E-state index in [0.29, 0.717) is 22.7 Å². The fraction of sp³-hybridized carbons (Fsp3) is 0.464. The second-order valence-corrected chi connectivity index (χ2v) is 10.4. The molecule has 7 nitrogen and oxygen atoms in total. The van der Waals surface area contributed by atoms with Crippen LogP contribution < -0.4 is 10.6 Å². The number of nitrogens with zero attached hydrogens (tertiary/aromatic N) is 1. The van der Waals surface area contributed by atoms with Crippen LogP contribution in [0.15, 0.2) is 36.4 Å². The molecule has 0 saturated heterocycles. The Balaban J connectivity index is 2.51. The van der Waals surface area contributed by atoms with Crippen LogP contribution in [-0.4, -0.2) is 41.0 Å². The first-order valence-corrected chi connectivity index (χ1v) is 12.5. The first kappa shape index (κ1) is 29.2. The van der Waals surface area contributed by atoms with E-state index in [1.54, 1.807) is 31.7 Å². The van der Waals surface area contributed by atoms with Crippen molar-refractivity contribution in [2.45, 2.75) is 79.5 Å². The predicted molar refractivity (Wildman–Crippen MR) is 144 cm³/mol. The Kier molecular flexibility index (Phi) is 9.93. The van der Waals surface area contributed by atoms with Gasteiger partial charge in [0.25, 0.3) is 5.91 Å². The van der Waals surface area contributed by atoms with Crippen LogP contribution in [0.2, 0.25) is 5.02 Å². The van der Waals surface area contributed by atoms with Crippen LogP contribution in [0, 0.1) is 20.8 Å². The smallest absolute Gasteiger partial charge is 0.408 e. The lowest BCUT2D eigenvalue weighted by molar-refractivity contribution is -0.140. The molecule has 3 amide bonds. The first-order chi connectivity index (χ1) is 16.8. The van der Waals surface area contributed by atoms with E-state index in [9.17, 15) is 14.4 Å². The molecule has 0 aliphatic heterocycles. The number of para-hydroxylation sites is 1. The van der Waals surface area contributed by atoms with Gasteiger partial charge in [-0.1, -0.05) is 48.9 Å². The van der Waals surface area contributed by atoms with Crippen LogP contribution >= 0.6 is 11.6 Å². The highest BCUT2D eigenvalue weighted by Crippen LogP contribution is 2.32. The second-order valence-electron chi connectivity index (χ2n) is 10.0. The molecule has 0 fully saturated rings. The minimum atomic E-state index is -0.941. The average molecular weight is 516 g/mol. The summed E-state index contributed by atoms with van der Waals surface area (Å²) >= 11 is 6.39. The van der Waals surface area contributed by atoms with Gasteiger partial charge < -0.3 is 20.3 Å². The number of anilines is 1. The zero-order chi connectivity index (χ0) is 27.2. The standard InChI is InChI=1S/C28H38ClN3O4/c1-9-19(4)32(23(33)16-30-27(35)36-28(6,7)8)25(21-14-10-12-17(2)20(21)5)26(34)31-24-18(3)13-11-15-22(24)29/h10-15,19,25H,9,16H2,1-8H3,(H,30,35)(H,31,34). The number of ether oxygens (including phenoxy) is 1. The van der Waals surface area contributed by atoms with E-state index < -0.39 is 23.6 Å². The third-order valence-electron chi connectivity index (χ3n) is 6.07. The van der Waals surface area contributed by atoms with E-state index in [4.69, 9.17) is 16.3 Å². The Morgan fingerprint density at radius 2 is 1.64 bits per heavy atom. The summed E-state index contributed by atoms with van der Waals surface area (Å²) in [6.07, 6.45) is -0.0859. The van der Waals surface area contributed by atoms with Gasteiger partial charge in [-0.15, -0.1) is 0 Å². The van der Waals surface area contributed by atoms with E-state index in [-0.39, 0.29) is 18.5 Å². The maximum Gasteiger partial charge on any atom is 0.408 e. The van der Waals surface area contributed by atoms with E-state index >= 15 is 0 Å². The molecule has 0 aliphatic rings. The molecule has 2 aromatic rings. The first-order valence-electron chi connectivity index (χ1n) is 12.2. The Morgan fingerprint density at radius 3 is 2.22 bits per heavy atom. The van der Waals surface area contributed by atoms with Crippen LogP contribution in [0.25, 0.3) is 0 Å². The molecule has 0 spiro atoms. The summed E-state index contributed by atoms with van der Waals surface area (Å²) in [4.78, 5) is 41.2. The van der Waals surface area contributed by atoms with Gasteiger partial charge in [0.2, 0.25) is 5.91 Å². The predicted octanol–water partition coefficient (Wildman–Crippen LogP) is 6.10. The minimum absolute atomic E-state index is 0.291. The quantitative estimate of drug-likeness (QED) is 0.445. The highest BCUT2D eigenvalue weighted by Gasteiger charge is 2.36. The number of benzene rings is 2. The number of rotatable bonds is 8. The normalized spacial score (nSPS) is 12.9. The molecule has 0 saturated carbocycles. The fourth-order valence-corrected chi connectivity index (χ4v) is 4.13. The maximum atomic E-state index is 13.9. The van der Waals surface area contributed by atoms with Crippen molar-refractivity contribution in [2.75, 3.05) is 11.9 Å². The van der Waals surface area contributed by atoms with Gasteiger partial charge in [-0.05, 0) is 83.2 Å². The Morgan fingerprint density at radius 1 is 1.03 bits per heavy atom. The third kappa shape index (κ3) is 7.47. The van der Waals surface area contributed by atoms with Gasteiger partial charge in [0.15, 0.2) is 0 Å². The Labute approximate surface area is 219 Å². The second kappa shape index (κ2) is 12.3. The Hall–Kier alpha value is -3.06. The SMILES string of the molecule is CCC(C)N(C(=O)CNC(=O)OC(C)(C)C)C(C(=O)Nc1c(C)cccc1Cl)c1cccc(C)c1C. The zero-order valence-electron chi connectivity index (χ0n) is 22.5. The lowest BCUT2D eigenvalue weighted by Crippen LogP contribution is -2.50. The molecule has 0 radical (unpaired) electrons. The molecule has 36 heavy (non-hydrogen) atoms. The number of alkyl carbamates (subject to hydrolysis) is 1. The van der Waals surface area contributed by atoms with Crippen molar-refractivity contribution < 1.29 is 19.1 Å². The average Bonchev–Trinajstić information content (AvgIpc) is 2.78. The van der Waals surface area contributed by atoms with E-state index in [2.05, 4.69) is 10.6 Å². The molecule has 2 N–H and O–H groups in total. The highest BCUT2D eigenvalue weighted by molar-refractivity contribution is 6.34. The monoisotopic (exact) mass is 515 g/mol. The molecule has 196 valence electrons. The molecule has 2 rings (SSSR count). The van der Waals surface area contributed by atoms with Crippen molar-refractivity contribution in [3.05, 3.63) is 63.7 Å². The van der Waals surface area contributed by atoms with Gasteiger partial charge in [0, 0.05) is 6.04 Å². The summed E-state index contributed by atoms with van der Waals surface area (Å²) in [6, 6.07) is 9.84. The van der Waals surface area contributed by atoms with Crippen LogP contribution in [0.5, 0.6) is 0 Å². The number of amides is 3. The van der Waals surface area contributed by atoms with Crippen molar-refractivity contribution in [3.63, 3.8) is 0 Å². The molecule has 0 aliphatic carbocycles. The molecule has 2 aromatic carbocycles. The summed E-state index contributed by atoms with van der Waals surface area (Å²) in [7, 11) is 0. The van der Waals surface area contributed by atoms with Crippen molar-refractivity contribution in [3.8, 4) is 0 Å². The van der Waals surface area contributed by atoms with Crippen LogP contribution in [-0.2, 0) is 14.3 Å². The summed E-state index contributed by atoms with van der Waals surface area (Å²) < 4.78 is 5.27. The van der Waals surface area contributed by atoms with Crippen molar-refractivity contribution >= 4 is 35.2 Å². The van der Waals surface area contributed by atoms with Crippen LogP contribution in [0.4, 0.5) is 10.5 Å².